The van der Waals surface area contributed by atoms with E-state index < -0.39 is 11.8 Å². The van der Waals surface area contributed by atoms with Crippen LogP contribution in [-0.4, -0.2) is 62.4 Å². The Labute approximate surface area is 241 Å². The van der Waals surface area contributed by atoms with Crippen molar-refractivity contribution in [2.24, 2.45) is 0 Å². The van der Waals surface area contributed by atoms with Crippen LogP contribution in [0.1, 0.15) is 41.1 Å². The molecule has 4 aromatic rings. The monoisotopic (exact) mass is 580 g/mol. The zero-order valence-electron chi connectivity index (χ0n) is 22.3. The van der Waals surface area contributed by atoms with Crippen molar-refractivity contribution in [1.29, 1.82) is 0 Å². The maximum Gasteiger partial charge on any atom is 0.335 e. The zero-order valence-corrected chi connectivity index (χ0v) is 23.1. The van der Waals surface area contributed by atoms with E-state index in [1.165, 1.54) is 18.2 Å². The standard InChI is InChI=1S/C30H30ClFN4O5/c31-25-14-20(32)2-4-28(25)40-18-21-15-23(5-9-33-21)41-22-6-10-35(11-7-22)17-29-34-26-3-1-19(30(37)38)13-27(26)36(29)16-24-8-12-39-24/h1-5,9,13-15,22,24H,6-8,10-12,16-18H2,(H,37,38). The molecule has 2 aromatic carbocycles. The molecule has 6 rings (SSSR count). The van der Waals surface area contributed by atoms with E-state index >= 15 is 0 Å². The summed E-state index contributed by atoms with van der Waals surface area (Å²) in [6.07, 6.45) is 4.57. The molecule has 0 saturated carbocycles. The number of carboxylic acids is 1. The molecule has 1 N–H and O–H groups in total. The number of fused-ring (bicyclic) bond motifs is 1. The summed E-state index contributed by atoms with van der Waals surface area (Å²) in [6.45, 7) is 3.96. The van der Waals surface area contributed by atoms with Crippen LogP contribution < -0.4 is 9.47 Å². The highest BCUT2D eigenvalue weighted by atomic mass is 35.5. The fourth-order valence-electron chi connectivity index (χ4n) is 5.19. The zero-order chi connectivity index (χ0) is 28.3. The van der Waals surface area contributed by atoms with Gasteiger partial charge in [0, 0.05) is 32.0 Å². The molecular formula is C30H30ClFN4O5. The minimum Gasteiger partial charge on any atom is -0.490 e. The fraction of sp³-hybridized carbons (Fsp3) is 0.367. The molecular weight excluding hydrogens is 551 g/mol. The molecule has 2 fully saturated rings. The Bertz CT molecular complexity index is 1550. The molecule has 0 aliphatic carbocycles. The number of benzene rings is 2. The van der Waals surface area contributed by atoms with Gasteiger partial charge < -0.3 is 23.9 Å². The minimum atomic E-state index is -0.950. The lowest BCUT2D eigenvalue weighted by Gasteiger charge is -2.32. The van der Waals surface area contributed by atoms with Crippen LogP contribution in [0, 0.1) is 5.82 Å². The molecule has 2 aromatic heterocycles. The third-order valence-electron chi connectivity index (χ3n) is 7.51. The number of aromatic carboxylic acids is 1. The van der Waals surface area contributed by atoms with E-state index in [0.717, 1.165) is 61.6 Å². The Balaban J connectivity index is 1.06. The first-order valence-corrected chi connectivity index (χ1v) is 14.0. The molecule has 4 heterocycles. The molecule has 9 nitrogen and oxygen atoms in total. The van der Waals surface area contributed by atoms with Crippen LogP contribution in [-0.2, 0) is 24.4 Å². The third-order valence-corrected chi connectivity index (χ3v) is 7.81. The average molecular weight is 581 g/mol. The van der Waals surface area contributed by atoms with Crippen molar-refractivity contribution in [3.63, 3.8) is 0 Å². The van der Waals surface area contributed by atoms with E-state index in [9.17, 15) is 14.3 Å². The Morgan fingerprint density at radius 2 is 1.95 bits per heavy atom. The average Bonchev–Trinajstić information content (AvgIpc) is 3.27. The largest absolute Gasteiger partial charge is 0.490 e. The number of rotatable bonds is 10. The van der Waals surface area contributed by atoms with Gasteiger partial charge >= 0.3 is 5.97 Å². The van der Waals surface area contributed by atoms with Crippen molar-refractivity contribution in [2.45, 2.75) is 51.2 Å². The number of halogens is 2. The van der Waals surface area contributed by atoms with Gasteiger partial charge in [-0.05, 0) is 61.7 Å². The van der Waals surface area contributed by atoms with E-state index in [2.05, 4.69) is 14.5 Å². The van der Waals surface area contributed by atoms with E-state index in [1.807, 2.05) is 12.1 Å². The maximum absolute atomic E-state index is 13.3. The lowest BCUT2D eigenvalue weighted by molar-refractivity contribution is -0.0592. The first-order valence-electron chi connectivity index (χ1n) is 13.7. The van der Waals surface area contributed by atoms with Crippen LogP contribution in [0.2, 0.25) is 5.02 Å². The number of ether oxygens (including phenoxy) is 3. The molecule has 1 unspecified atom stereocenters. The van der Waals surface area contributed by atoms with Crippen molar-refractivity contribution in [3.8, 4) is 11.5 Å². The second-order valence-corrected chi connectivity index (χ2v) is 10.8. The molecule has 1 atom stereocenters. The molecule has 2 aliphatic rings. The van der Waals surface area contributed by atoms with Gasteiger partial charge in [0.25, 0.3) is 0 Å². The summed E-state index contributed by atoms with van der Waals surface area (Å²) in [4.78, 5) is 23.1. The molecule has 0 bridgehead atoms. The van der Waals surface area contributed by atoms with Gasteiger partial charge in [-0.2, -0.15) is 0 Å². The van der Waals surface area contributed by atoms with Gasteiger partial charge in [0.2, 0.25) is 0 Å². The summed E-state index contributed by atoms with van der Waals surface area (Å²) in [5.41, 5.74) is 2.55. The second kappa shape index (κ2) is 12.0. The van der Waals surface area contributed by atoms with E-state index in [4.69, 9.17) is 30.8 Å². The molecule has 0 amide bonds. The molecule has 41 heavy (non-hydrogen) atoms. The van der Waals surface area contributed by atoms with Gasteiger partial charge in [0.05, 0.1) is 46.5 Å². The first kappa shape index (κ1) is 27.4. The predicted octanol–water partition coefficient (Wildman–Crippen LogP) is 5.33. The van der Waals surface area contributed by atoms with Gasteiger partial charge in [-0.1, -0.05) is 11.6 Å². The predicted molar refractivity (Wildman–Crippen MR) is 150 cm³/mol. The van der Waals surface area contributed by atoms with Crippen LogP contribution in [0.25, 0.3) is 11.0 Å². The third kappa shape index (κ3) is 6.45. The first-order chi connectivity index (χ1) is 19.9. The lowest BCUT2D eigenvalue weighted by atomic mass is 10.1. The number of nitrogens with zero attached hydrogens (tertiary/aromatic N) is 4. The summed E-state index contributed by atoms with van der Waals surface area (Å²) in [5.74, 6) is 0.660. The summed E-state index contributed by atoms with van der Waals surface area (Å²) in [7, 11) is 0. The Hall–Kier alpha value is -3.73. The Morgan fingerprint density at radius 1 is 1.12 bits per heavy atom. The number of pyridine rings is 1. The van der Waals surface area contributed by atoms with Crippen molar-refractivity contribution in [1.82, 2.24) is 19.4 Å². The number of imidazole rings is 1. The summed E-state index contributed by atoms with van der Waals surface area (Å²) in [5, 5.41) is 9.69. The molecule has 2 saturated heterocycles. The van der Waals surface area contributed by atoms with Crippen LogP contribution in [0.4, 0.5) is 4.39 Å². The van der Waals surface area contributed by atoms with Crippen molar-refractivity contribution >= 4 is 28.6 Å². The number of carbonyl (C=O) groups is 1. The highest BCUT2D eigenvalue weighted by molar-refractivity contribution is 6.32. The second-order valence-electron chi connectivity index (χ2n) is 10.4. The smallest absolute Gasteiger partial charge is 0.335 e. The van der Waals surface area contributed by atoms with Gasteiger partial charge in [0.1, 0.15) is 35.9 Å². The Morgan fingerprint density at radius 3 is 2.68 bits per heavy atom. The van der Waals surface area contributed by atoms with Crippen molar-refractivity contribution < 1.29 is 28.5 Å². The normalized spacial score (nSPS) is 17.9. The highest BCUT2D eigenvalue weighted by Crippen LogP contribution is 2.27. The number of hydrogen-bond donors (Lipinski definition) is 1. The number of carboxylic acid groups (broad SMARTS) is 1. The topological polar surface area (TPSA) is 98.9 Å². The maximum atomic E-state index is 13.3. The van der Waals surface area contributed by atoms with Crippen LogP contribution in [0.5, 0.6) is 11.5 Å². The van der Waals surface area contributed by atoms with Crippen LogP contribution >= 0.6 is 11.6 Å². The van der Waals surface area contributed by atoms with Gasteiger partial charge in [-0.15, -0.1) is 0 Å². The SMILES string of the molecule is O=C(O)c1ccc2nc(CN3CCC(Oc4ccnc(COc5ccc(F)cc5Cl)c4)CC3)n(CC3CCO3)c2c1. The highest BCUT2D eigenvalue weighted by Gasteiger charge is 2.26. The number of hydrogen-bond acceptors (Lipinski definition) is 7. The minimum absolute atomic E-state index is 0.0641. The van der Waals surface area contributed by atoms with Crippen LogP contribution in [0.3, 0.4) is 0 Å². The lowest BCUT2D eigenvalue weighted by Crippen LogP contribution is -2.39. The summed E-state index contributed by atoms with van der Waals surface area (Å²) < 4.78 is 33.1. The van der Waals surface area contributed by atoms with Gasteiger partial charge in [0.15, 0.2) is 0 Å². The summed E-state index contributed by atoms with van der Waals surface area (Å²) in [6, 6.07) is 12.8. The number of likely N-dealkylation sites (tertiary alicyclic amines) is 1. The van der Waals surface area contributed by atoms with E-state index in [-0.39, 0.29) is 29.4 Å². The molecule has 214 valence electrons. The van der Waals surface area contributed by atoms with Crippen molar-refractivity contribution in [3.05, 3.63) is 82.6 Å². The van der Waals surface area contributed by atoms with Crippen LogP contribution in [0.15, 0.2) is 54.7 Å². The molecule has 2 aliphatic heterocycles. The molecule has 11 heteroatoms. The van der Waals surface area contributed by atoms with E-state index in [0.29, 0.717) is 24.5 Å². The quantitative estimate of drug-likeness (QED) is 0.269. The number of aromatic nitrogens is 3. The molecule has 0 radical (unpaired) electrons. The van der Waals surface area contributed by atoms with Gasteiger partial charge in [-0.25, -0.2) is 14.2 Å². The molecule has 0 spiro atoms. The Kier molecular flexibility index (Phi) is 8.04. The summed E-state index contributed by atoms with van der Waals surface area (Å²) >= 11 is 6.05. The number of piperidine rings is 1. The van der Waals surface area contributed by atoms with Gasteiger partial charge in [-0.3, -0.25) is 9.88 Å². The van der Waals surface area contributed by atoms with E-state index in [1.54, 1.807) is 24.4 Å². The van der Waals surface area contributed by atoms with Crippen molar-refractivity contribution in [2.75, 3.05) is 19.7 Å². The fourth-order valence-corrected chi connectivity index (χ4v) is 5.41.